The second-order valence-electron chi connectivity index (χ2n) is 5.51. The van der Waals surface area contributed by atoms with E-state index in [4.69, 9.17) is 0 Å². The zero-order valence-electron chi connectivity index (χ0n) is 12.5. The van der Waals surface area contributed by atoms with Crippen LogP contribution < -0.4 is 0 Å². The minimum Gasteiger partial charge on any atom is -0.328 e. The van der Waals surface area contributed by atoms with Crippen molar-refractivity contribution in [3.8, 4) is 0 Å². The quantitative estimate of drug-likeness (QED) is 0.882. The Bertz CT molecular complexity index is 664. The molecule has 0 spiro atoms. The Labute approximate surface area is 128 Å². The lowest BCUT2D eigenvalue weighted by Gasteiger charge is -2.34. The number of rotatable bonds is 3. The highest BCUT2D eigenvalue weighted by Gasteiger charge is 2.30. The second kappa shape index (κ2) is 6.09. The van der Waals surface area contributed by atoms with Crippen molar-refractivity contribution < 1.29 is 9.59 Å². The third kappa shape index (κ3) is 2.77. The number of amides is 1. The predicted molar refractivity (Wildman–Crippen MR) is 80.5 cm³/mol. The highest BCUT2D eigenvalue weighted by atomic mass is 16.2. The van der Waals surface area contributed by atoms with Gasteiger partial charge in [-0.3, -0.25) is 14.7 Å². The van der Waals surface area contributed by atoms with Gasteiger partial charge in [0, 0.05) is 17.7 Å². The number of nitrogens with one attached hydrogen (secondary N) is 1. The van der Waals surface area contributed by atoms with E-state index in [1.54, 1.807) is 24.3 Å². The molecule has 1 aromatic carbocycles. The zero-order valence-corrected chi connectivity index (χ0v) is 12.5. The molecule has 1 aromatic heterocycles. The minimum atomic E-state index is -0.0590. The highest BCUT2D eigenvalue weighted by Crippen LogP contribution is 2.29. The van der Waals surface area contributed by atoms with E-state index in [2.05, 4.69) is 15.2 Å². The van der Waals surface area contributed by atoms with Crippen molar-refractivity contribution in [3.63, 3.8) is 0 Å². The van der Waals surface area contributed by atoms with Gasteiger partial charge in [0.2, 0.25) is 0 Å². The van der Waals surface area contributed by atoms with E-state index in [1.165, 1.54) is 13.3 Å². The first-order valence-electron chi connectivity index (χ1n) is 7.44. The fourth-order valence-electron chi connectivity index (χ4n) is 2.85. The van der Waals surface area contributed by atoms with Crippen LogP contribution in [0.3, 0.4) is 0 Å². The standard InChI is InChI=1S/C16H18N4O2/c1-11(21)12-5-7-13(8-6-12)16(22)20-9-3-2-4-14(20)15-17-10-18-19-15/h5-8,10,14H,2-4,9H2,1H3,(H,17,18,19)/t14-/m0/s1. The van der Waals surface area contributed by atoms with Crippen molar-refractivity contribution in [2.45, 2.75) is 32.2 Å². The lowest BCUT2D eigenvalue weighted by Crippen LogP contribution is -2.39. The normalized spacial score (nSPS) is 18.2. The fraction of sp³-hybridized carbons (Fsp3) is 0.375. The summed E-state index contributed by atoms with van der Waals surface area (Å²) in [6, 6.07) is 6.76. The number of benzene rings is 1. The Balaban J connectivity index is 1.84. The number of hydrogen-bond donors (Lipinski definition) is 1. The van der Waals surface area contributed by atoms with Crippen LogP contribution in [0.25, 0.3) is 0 Å². The number of aromatic amines is 1. The summed E-state index contributed by atoms with van der Waals surface area (Å²) in [7, 11) is 0. The SMILES string of the molecule is CC(=O)c1ccc(C(=O)N2CCCC[C@H]2c2ncn[nH]2)cc1. The maximum absolute atomic E-state index is 12.8. The van der Waals surface area contributed by atoms with Crippen LogP contribution in [0, 0.1) is 0 Å². The third-order valence-corrected chi connectivity index (χ3v) is 4.05. The van der Waals surface area contributed by atoms with Crippen LogP contribution in [0.4, 0.5) is 0 Å². The molecule has 114 valence electrons. The summed E-state index contributed by atoms with van der Waals surface area (Å²) in [5.74, 6) is 0.695. The van der Waals surface area contributed by atoms with E-state index >= 15 is 0 Å². The highest BCUT2D eigenvalue weighted by molar-refractivity contribution is 5.97. The van der Waals surface area contributed by atoms with Crippen LogP contribution in [0.5, 0.6) is 0 Å². The number of ketones is 1. The van der Waals surface area contributed by atoms with Gasteiger partial charge in [-0.15, -0.1) is 0 Å². The Morgan fingerprint density at radius 2 is 1.91 bits per heavy atom. The molecule has 1 fully saturated rings. The van der Waals surface area contributed by atoms with Crippen molar-refractivity contribution in [1.82, 2.24) is 20.1 Å². The molecule has 1 saturated heterocycles. The van der Waals surface area contributed by atoms with Crippen LogP contribution in [0.2, 0.25) is 0 Å². The average molecular weight is 298 g/mol. The number of carbonyl (C=O) groups excluding carboxylic acids is 2. The van der Waals surface area contributed by atoms with Crippen molar-refractivity contribution >= 4 is 11.7 Å². The second-order valence-corrected chi connectivity index (χ2v) is 5.51. The molecule has 1 amide bonds. The Kier molecular flexibility index (Phi) is 4.00. The molecule has 22 heavy (non-hydrogen) atoms. The van der Waals surface area contributed by atoms with Crippen LogP contribution in [0.1, 0.15) is 58.8 Å². The van der Waals surface area contributed by atoms with E-state index in [-0.39, 0.29) is 17.7 Å². The average Bonchev–Trinajstić information content (AvgIpc) is 3.08. The maximum atomic E-state index is 12.8. The molecule has 0 saturated carbocycles. The molecule has 2 heterocycles. The number of likely N-dealkylation sites (tertiary alicyclic amines) is 1. The molecular formula is C16H18N4O2. The summed E-state index contributed by atoms with van der Waals surface area (Å²) in [4.78, 5) is 30.1. The van der Waals surface area contributed by atoms with Gasteiger partial charge in [0.05, 0.1) is 6.04 Å². The number of hydrogen-bond acceptors (Lipinski definition) is 4. The fourth-order valence-corrected chi connectivity index (χ4v) is 2.85. The first-order chi connectivity index (χ1) is 10.7. The first-order valence-corrected chi connectivity index (χ1v) is 7.44. The molecule has 0 unspecified atom stereocenters. The van der Waals surface area contributed by atoms with E-state index < -0.39 is 0 Å². The Morgan fingerprint density at radius 1 is 1.18 bits per heavy atom. The summed E-state index contributed by atoms with van der Waals surface area (Å²) in [6.45, 7) is 2.22. The monoisotopic (exact) mass is 298 g/mol. The molecule has 6 heteroatoms. The van der Waals surface area contributed by atoms with E-state index in [0.717, 1.165) is 25.1 Å². The molecule has 0 radical (unpaired) electrons. The molecule has 6 nitrogen and oxygen atoms in total. The molecule has 1 aliphatic heterocycles. The number of aromatic nitrogens is 3. The smallest absolute Gasteiger partial charge is 0.254 e. The van der Waals surface area contributed by atoms with Crippen LogP contribution in [-0.4, -0.2) is 38.3 Å². The van der Waals surface area contributed by atoms with Gasteiger partial charge < -0.3 is 4.90 Å². The number of H-pyrrole nitrogens is 1. The van der Waals surface area contributed by atoms with E-state index in [0.29, 0.717) is 17.7 Å². The lowest BCUT2D eigenvalue weighted by atomic mass is 9.99. The summed E-state index contributed by atoms with van der Waals surface area (Å²) in [5.41, 5.74) is 1.21. The van der Waals surface area contributed by atoms with Crippen LogP contribution >= 0.6 is 0 Å². The van der Waals surface area contributed by atoms with Crippen molar-refractivity contribution in [2.75, 3.05) is 6.54 Å². The largest absolute Gasteiger partial charge is 0.328 e. The van der Waals surface area contributed by atoms with Gasteiger partial charge in [-0.25, -0.2) is 4.98 Å². The zero-order chi connectivity index (χ0) is 15.5. The van der Waals surface area contributed by atoms with Gasteiger partial charge in [0.15, 0.2) is 5.78 Å². The number of piperidine rings is 1. The predicted octanol–water partition coefficient (Wildman–Crippen LogP) is 2.37. The number of nitrogens with zero attached hydrogens (tertiary/aromatic N) is 3. The van der Waals surface area contributed by atoms with Gasteiger partial charge in [-0.05, 0) is 38.3 Å². The molecule has 1 aliphatic rings. The molecular weight excluding hydrogens is 280 g/mol. The van der Waals surface area contributed by atoms with Crippen molar-refractivity contribution in [1.29, 1.82) is 0 Å². The summed E-state index contributed by atoms with van der Waals surface area (Å²) < 4.78 is 0. The topological polar surface area (TPSA) is 79.0 Å². The van der Waals surface area contributed by atoms with Gasteiger partial charge in [-0.2, -0.15) is 5.10 Å². The molecule has 0 bridgehead atoms. The third-order valence-electron chi connectivity index (χ3n) is 4.05. The van der Waals surface area contributed by atoms with Crippen LogP contribution in [-0.2, 0) is 0 Å². The molecule has 3 rings (SSSR count). The summed E-state index contributed by atoms with van der Waals surface area (Å²) in [6.07, 6.45) is 4.40. The van der Waals surface area contributed by atoms with Crippen molar-refractivity contribution in [3.05, 3.63) is 47.5 Å². The first kappa shape index (κ1) is 14.4. The minimum absolute atomic E-state index is 0.00323. The van der Waals surface area contributed by atoms with Gasteiger partial charge in [-0.1, -0.05) is 12.1 Å². The van der Waals surface area contributed by atoms with E-state index in [1.807, 2.05) is 4.90 Å². The summed E-state index contributed by atoms with van der Waals surface area (Å²) in [5, 5.41) is 6.75. The van der Waals surface area contributed by atoms with Gasteiger partial charge >= 0.3 is 0 Å². The number of carbonyl (C=O) groups is 2. The Morgan fingerprint density at radius 3 is 2.55 bits per heavy atom. The Hall–Kier alpha value is -2.50. The molecule has 1 atom stereocenters. The molecule has 2 aromatic rings. The van der Waals surface area contributed by atoms with Crippen LogP contribution in [0.15, 0.2) is 30.6 Å². The summed E-state index contributed by atoms with van der Waals surface area (Å²) >= 11 is 0. The maximum Gasteiger partial charge on any atom is 0.254 e. The number of Topliss-reactive ketones (excluding diaryl/α,β-unsaturated/α-hetero) is 1. The van der Waals surface area contributed by atoms with Gasteiger partial charge in [0.25, 0.3) is 5.91 Å². The van der Waals surface area contributed by atoms with Gasteiger partial charge in [0.1, 0.15) is 12.2 Å². The van der Waals surface area contributed by atoms with Crippen molar-refractivity contribution in [2.24, 2.45) is 0 Å². The lowest BCUT2D eigenvalue weighted by molar-refractivity contribution is 0.0600. The molecule has 1 N–H and O–H groups in total. The molecule has 0 aliphatic carbocycles. The van der Waals surface area contributed by atoms with E-state index in [9.17, 15) is 9.59 Å².